The van der Waals surface area contributed by atoms with E-state index in [9.17, 15) is 9.59 Å². The average molecular weight is 561 g/mol. The molecule has 40 heavy (non-hydrogen) atoms. The predicted octanol–water partition coefficient (Wildman–Crippen LogP) is 3.82. The van der Waals surface area contributed by atoms with Crippen molar-refractivity contribution in [3.05, 3.63) is 105 Å². The van der Waals surface area contributed by atoms with Crippen LogP contribution in [-0.4, -0.2) is 46.7 Å². The van der Waals surface area contributed by atoms with E-state index in [2.05, 4.69) is 5.10 Å². The lowest BCUT2D eigenvalue weighted by atomic mass is 9.91. The highest BCUT2D eigenvalue weighted by molar-refractivity contribution is 6.30. The van der Waals surface area contributed by atoms with Crippen molar-refractivity contribution in [3.8, 4) is 11.5 Å². The number of aromatic nitrogens is 3. The van der Waals surface area contributed by atoms with Crippen molar-refractivity contribution in [2.45, 2.75) is 25.4 Å². The van der Waals surface area contributed by atoms with Crippen molar-refractivity contribution >= 4 is 29.2 Å². The minimum atomic E-state index is -0.952. The molecular weight excluding hydrogens is 532 g/mol. The van der Waals surface area contributed by atoms with Crippen LogP contribution in [0, 0.1) is 0 Å². The van der Waals surface area contributed by atoms with Gasteiger partial charge in [0.05, 0.1) is 33.0 Å². The monoisotopic (exact) mass is 560 g/mol. The number of hydrogen-bond acceptors (Lipinski definition) is 7. The van der Waals surface area contributed by atoms with Crippen LogP contribution < -0.4 is 25.9 Å². The third kappa shape index (κ3) is 5.17. The summed E-state index contributed by atoms with van der Waals surface area (Å²) in [7, 11) is 3.10. The lowest BCUT2D eigenvalue weighted by Gasteiger charge is -2.18. The second-order valence-electron chi connectivity index (χ2n) is 9.42. The number of anilines is 1. The van der Waals surface area contributed by atoms with Crippen molar-refractivity contribution in [2.24, 2.45) is 10.8 Å². The standard InChI is InChI=1S/C29H29ClN6O4/c1-18(27(31)37)36-28(33-35(29(36)38)16-19-9-14-24(39-2)25(15-19)40-3)34-17-23(20-7-5-4-6-8-20)26(32-34)21-10-12-22(30)13-11-21/h4-15,18,23H,16-17H2,1-3H3,(H2,31,37). The van der Waals surface area contributed by atoms with Gasteiger partial charge in [0.1, 0.15) is 6.04 Å². The van der Waals surface area contributed by atoms with Crippen LogP contribution in [0.15, 0.2) is 82.7 Å². The number of ether oxygens (including phenoxy) is 2. The highest BCUT2D eigenvalue weighted by Crippen LogP contribution is 2.32. The number of carbonyl (C=O) groups excluding carboxylic acids is 1. The summed E-state index contributed by atoms with van der Waals surface area (Å²) in [5.41, 5.74) is 8.67. The normalized spacial score (nSPS) is 15.6. The molecule has 0 radical (unpaired) electrons. The van der Waals surface area contributed by atoms with Crippen LogP contribution in [0.5, 0.6) is 11.5 Å². The number of carbonyl (C=O) groups is 1. The Hall–Kier alpha value is -4.57. The molecule has 2 N–H and O–H groups in total. The molecule has 0 bridgehead atoms. The van der Waals surface area contributed by atoms with E-state index in [0.717, 1.165) is 22.4 Å². The Labute approximate surface area is 236 Å². The molecule has 1 amide bonds. The maximum atomic E-state index is 13.6. The van der Waals surface area contributed by atoms with E-state index in [1.807, 2.05) is 60.7 Å². The third-order valence-corrected chi connectivity index (χ3v) is 7.17. The van der Waals surface area contributed by atoms with Crippen molar-refractivity contribution in [1.29, 1.82) is 0 Å². The molecule has 0 fully saturated rings. The number of nitrogens with two attached hydrogens (primary N) is 1. The SMILES string of the molecule is COc1ccc(Cn2nc(N3CC(c4ccccc4)C(c4ccc(Cl)cc4)=N3)n(C(C)C(N)=O)c2=O)cc1OC. The number of halogens is 1. The molecule has 0 aliphatic carbocycles. The van der Waals surface area contributed by atoms with Crippen molar-refractivity contribution in [2.75, 3.05) is 25.8 Å². The zero-order valence-corrected chi connectivity index (χ0v) is 23.1. The van der Waals surface area contributed by atoms with E-state index in [4.69, 9.17) is 31.9 Å². The third-order valence-electron chi connectivity index (χ3n) is 6.92. The number of rotatable bonds is 9. The van der Waals surface area contributed by atoms with Gasteiger partial charge in [-0.2, -0.15) is 5.10 Å². The summed E-state index contributed by atoms with van der Waals surface area (Å²) in [5, 5.41) is 11.8. The van der Waals surface area contributed by atoms with Crippen LogP contribution in [-0.2, 0) is 11.3 Å². The van der Waals surface area contributed by atoms with Gasteiger partial charge < -0.3 is 15.2 Å². The molecule has 1 aliphatic rings. The topological polar surface area (TPSA) is 117 Å². The molecule has 10 nitrogen and oxygen atoms in total. The number of benzene rings is 3. The molecule has 2 unspecified atom stereocenters. The molecule has 0 spiro atoms. The average Bonchev–Trinajstić information content (AvgIpc) is 3.55. The molecular formula is C29H29ClN6O4. The van der Waals surface area contributed by atoms with Gasteiger partial charge in [0.25, 0.3) is 0 Å². The second-order valence-corrected chi connectivity index (χ2v) is 9.85. The Morgan fingerprint density at radius 2 is 1.75 bits per heavy atom. The number of hydrazone groups is 1. The fraction of sp³-hybridized carbons (Fsp3) is 0.241. The number of hydrogen-bond donors (Lipinski definition) is 1. The molecule has 2 heterocycles. The summed E-state index contributed by atoms with van der Waals surface area (Å²) in [4.78, 5) is 25.9. The summed E-state index contributed by atoms with van der Waals surface area (Å²) in [6.07, 6.45) is 0. The zero-order chi connectivity index (χ0) is 28.4. The van der Waals surface area contributed by atoms with Gasteiger partial charge in [-0.25, -0.2) is 19.1 Å². The highest BCUT2D eigenvalue weighted by Gasteiger charge is 2.34. The maximum absolute atomic E-state index is 13.6. The van der Waals surface area contributed by atoms with Crippen LogP contribution in [0.25, 0.3) is 0 Å². The summed E-state index contributed by atoms with van der Waals surface area (Å²) < 4.78 is 13.3. The van der Waals surface area contributed by atoms with Gasteiger partial charge in [-0.15, -0.1) is 5.10 Å². The first-order chi connectivity index (χ1) is 19.3. The Kier molecular flexibility index (Phi) is 7.61. The smallest absolute Gasteiger partial charge is 0.348 e. The Morgan fingerprint density at radius 3 is 2.40 bits per heavy atom. The number of methoxy groups -OCH3 is 2. The Bertz CT molecular complexity index is 1610. The minimum absolute atomic E-state index is 0.120. The fourth-order valence-electron chi connectivity index (χ4n) is 4.76. The lowest BCUT2D eigenvalue weighted by Crippen LogP contribution is -2.35. The minimum Gasteiger partial charge on any atom is -0.493 e. The first-order valence-corrected chi connectivity index (χ1v) is 13.0. The van der Waals surface area contributed by atoms with Gasteiger partial charge in [-0.3, -0.25) is 4.79 Å². The first kappa shape index (κ1) is 27.0. The Morgan fingerprint density at radius 1 is 1.05 bits per heavy atom. The van der Waals surface area contributed by atoms with Gasteiger partial charge >= 0.3 is 5.69 Å². The molecule has 0 saturated carbocycles. The van der Waals surface area contributed by atoms with Gasteiger partial charge in [0.15, 0.2) is 11.5 Å². The van der Waals surface area contributed by atoms with Crippen LogP contribution in [0.1, 0.15) is 35.6 Å². The predicted molar refractivity (Wildman–Crippen MR) is 154 cm³/mol. The largest absolute Gasteiger partial charge is 0.493 e. The molecule has 206 valence electrons. The number of amides is 1. The van der Waals surface area contributed by atoms with E-state index in [0.29, 0.717) is 23.1 Å². The summed E-state index contributed by atoms with van der Waals surface area (Å²) in [6.45, 7) is 2.11. The molecule has 1 aliphatic heterocycles. The molecule has 2 atom stereocenters. The summed E-state index contributed by atoms with van der Waals surface area (Å²) in [5.74, 6) is 0.545. The molecule has 4 aromatic rings. The van der Waals surface area contributed by atoms with Crippen LogP contribution in [0.4, 0.5) is 5.95 Å². The van der Waals surface area contributed by atoms with Gasteiger partial charge in [-0.05, 0) is 47.9 Å². The van der Waals surface area contributed by atoms with Gasteiger partial charge in [0, 0.05) is 10.9 Å². The lowest BCUT2D eigenvalue weighted by molar-refractivity contribution is -0.120. The Balaban J connectivity index is 1.59. The van der Waals surface area contributed by atoms with Crippen molar-refractivity contribution < 1.29 is 14.3 Å². The van der Waals surface area contributed by atoms with Crippen molar-refractivity contribution in [3.63, 3.8) is 0 Å². The molecule has 5 rings (SSSR count). The molecule has 11 heteroatoms. The quantitative estimate of drug-likeness (QED) is 0.333. The summed E-state index contributed by atoms with van der Waals surface area (Å²) >= 11 is 6.14. The van der Waals surface area contributed by atoms with E-state index in [-0.39, 0.29) is 18.4 Å². The van der Waals surface area contributed by atoms with Crippen LogP contribution in [0.2, 0.25) is 5.02 Å². The molecule has 3 aromatic carbocycles. The first-order valence-electron chi connectivity index (χ1n) is 12.7. The van der Waals surface area contributed by atoms with Crippen LogP contribution in [0.3, 0.4) is 0 Å². The highest BCUT2D eigenvalue weighted by atomic mass is 35.5. The number of nitrogens with zero attached hydrogens (tertiary/aromatic N) is 5. The van der Waals surface area contributed by atoms with E-state index in [1.54, 1.807) is 38.3 Å². The fourth-order valence-corrected chi connectivity index (χ4v) is 4.89. The van der Waals surface area contributed by atoms with Gasteiger partial charge in [-0.1, -0.05) is 60.1 Å². The van der Waals surface area contributed by atoms with Crippen LogP contribution >= 0.6 is 11.6 Å². The second kappa shape index (κ2) is 11.3. The number of primary amides is 1. The maximum Gasteiger partial charge on any atom is 0.348 e. The van der Waals surface area contributed by atoms with Gasteiger partial charge in [0.2, 0.25) is 11.9 Å². The molecule has 1 aromatic heterocycles. The van der Waals surface area contributed by atoms with E-state index in [1.165, 1.54) is 9.25 Å². The zero-order valence-electron chi connectivity index (χ0n) is 22.3. The summed E-state index contributed by atoms with van der Waals surface area (Å²) in [6, 6.07) is 21.8. The van der Waals surface area contributed by atoms with E-state index < -0.39 is 17.6 Å². The van der Waals surface area contributed by atoms with E-state index >= 15 is 0 Å². The molecule has 0 saturated heterocycles. The van der Waals surface area contributed by atoms with Crippen molar-refractivity contribution in [1.82, 2.24) is 14.3 Å².